The highest BCUT2D eigenvalue weighted by Gasteiger charge is 2.14. The Morgan fingerprint density at radius 2 is 1.85 bits per heavy atom. The van der Waals surface area contributed by atoms with Crippen molar-refractivity contribution >= 4 is 11.8 Å². The van der Waals surface area contributed by atoms with Crippen molar-refractivity contribution in [1.29, 1.82) is 0 Å². The third-order valence-corrected chi connectivity index (χ3v) is 3.95. The van der Waals surface area contributed by atoms with Gasteiger partial charge in [0, 0.05) is 38.4 Å². The molecule has 0 spiro atoms. The van der Waals surface area contributed by atoms with Crippen LogP contribution >= 0.6 is 0 Å². The van der Waals surface area contributed by atoms with Gasteiger partial charge in [0.1, 0.15) is 5.82 Å². The molecular weight excluding hydrogens is 248 g/mol. The van der Waals surface area contributed by atoms with Gasteiger partial charge in [-0.15, -0.1) is 0 Å². The summed E-state index contributed by atoms with van der Waals surface area (Å²) in [7, 11) is 2.09. The van der Waals surface area contributed by atoms with Crippen molar-refractivity contribution in [3.63, 3.8) is 0 Å². The summed E-state index contributed by atoms with van der Waals surface area (Å²) in [5.41, 5.74) is 1.07. The second-order valence-electron chi connectivity index (χ2n) is 5.84. The molecule has 1 saturated heterocycles. The van der Waals surface area contributed by atoms with Gasteiger partial charge in [-0.05, 0) is 26.2 Å². The molecule has 112 valence electrons. The molecule has 0 unspecified atom stereocenters. The maximum atomic E-state index is 4.79. The lowest BCUT2D eigenvalue weighted by molar-refractivity contribution is 0.726. The molecule has 0 amide bonds. The molecular formula is C16H28N4. The smallest absolute Gasteiger partial charge is 0.227 e. The van der Waals surface area contributed by atoms with Gasteiger partial charge in [-0.3, -0.25) is 0 Å². The van der Waals surface area contributed by atoms with E-state index in [2.05, 4.69) is 41.7 Å². The zero-order chi connectivity index (χ0) is 14.4. The van der Waals surface area contributed by atoms with E-state index in [0.29, 0.717) is 0 Å². The van der Waals surface area contributed by atoms with Gasteiger partial charge in [0.2, 0.25) is 5.95 Å². The Hall–Kier alpha value is -1.32. The SMILES string of the molecule is CCCCN(C)c1nc(C)cc(N2CCCCCC2)n1. The zero-order valence-corrected chi connectivity index (χ0v) is 13.2. The number of aryl methyl sites for hydroxylation is 1. The second-order valence-corrected chi connectivity index (χ2v) is 5.84. The summed E-state index contributed by atoms with van der Waals surface area (Å²) in [6.07, 6.45) is 7.66. The molecule has 1 fully saturated rings. The van der Waals surface area contributed by atoms with Crippen molar-refractivity contribution in [2.75, 3.05) is 36.5 Å². The number of hydrogen-bond donors (Lipinski definition) is 0. The number of hydrogen-bond acceptors (Lipinski definition) is 4. The van der Waals surface area contributed by atoms with E-state index < -0.39 is 0 Å². The number of aromatic nitrogens is 2. The molecule has 0 N–H and O–H groups in total. The van der Waals surface area contributed by atoms with Crippen LogP contribution in [0.3, 0.4) is 0 Å². The first kappa shape index (κ1) is 15.1. The highest BCUT2D eigenvalue weighted by atomic mass is 15.3. The lowest BCUT2D eigenvalue weighted by Gasteiger charge is -2.24. The Bertz CT molecular complexity index is 411. The maximum absolute atomic E-state index is 4.79. The third-order valence-electron chi connectivity index (χ3n) is 3.95. The predicted octanol–water partition coefficient (Wildman–Crippen LogP) is 3.40. The predicted molar refractivity (Wildman–Crippen MR) is 85.6 cm³/mol. The van der Waals surface area contributed by atoms with Gasteiger partial charge in [0.15, 0.2) is 0 Å². The number of unbranched alkanes of at least 4 members (excludes halogenated alkanes) is 1. The minimum atomic E-state index is 0.873. The summed E-state index contributed by atoms with van der Waals surface area (Å²) in [5, 5.41) is 0. The Balaban J connectivity index is 2.14. The van der Waals surface area contributed by atoms with E-state index in [0.717, 1.165) is 37.1 Å². The van der Waals surface area contributed by atoms with Crippen molar-refractivity contribution < 1.29 is 0 Å². The Kier molecular flexibility index (Phi) is 5.62. The van der Waals surface area contributed by atoms with Gasteiger partial charge in [0.05, 0.1) is 0 Å². The number of rotatable bonds is 5. The minimum Gasteiger partial charge on any atom is -0.356 e. The normalized spacial score (nSPS) is 16.1. The quantitative estimate of drug-likeness (QED) is 0.825. The molecule has 0 aliphatic carbocycles. The van der Waals surface area contributed by atoms with Crippen LogP contribution in [0.25, 0.3) is 0 Å². The fourth-order valence-electron chi connectivity index (χ4n) is 2.66. The number of nitrogens with zero attached hydrogens (tertiary/aromatic N) is 4. The van der Waals surface area contributed by atoms with Gasteiger partial charge < -0.3 is 9.80 Å². The maximum Gasteiger partial charge on any atom is 0.227 e. The van der Waals surface area contributed by atoms with Crippen LogP contribution in [0.2, 0.25) is 0 Å². The van der Waals surface area contributed by atoms with E-state index in [1.807, 2.05) is 0 Å². The van der Waals surface area contributed by atoms with E-state index in [4.69, 9.17) is 4.98 Å². The Morgan fingerprint density at radius 1 is 1.15 bits per heavy atom. The largest absolute Gasteiger partial charge is 0.356 e. The monoisotopic (exact) mass is 276 g/mol. The second kappa shape index (κ2) is 7.46. The van der Waals surface area contributed by atoms with E-state index in [9.17, 15) is 0 Å². The average Bonchev–Trinajstić information content (AvgIpc) is 2.73. The molecule has 20 heavy (non-hydrogen) atoms. The van der Waals surface area contributed by atoms with Crippen LogP contribution < -0.4 is 9.80 Å². The van der Waals surface area contributed by atoms with Gasteiger partial charge in [-0.1, -0.05) is 26.2 Å². The number of anilines is 2. The average molecular weight is 276 g/mol. The van der Waals surface area contributed by atoms with Crippen LogP contribution in [0.5, 0.6) is 0 Å². The summed E-state index contributed by atoms with van der Waals surface area (Å²) < 4.78 is 0. The van der Waals surface area contributed by atoms with Crippen LogP contribution in [0.4, 0.5) is 11.8 Å². The Morgan fingerprint density at radius 3 is 2.50 bits per heavy atom. The van der Waals surface area contributed by atoms with Crippen molar-refractivity contribution in [3.05, 3.63) is 11.8 Å². The van der Waals surface area contributed by atoms with Crippen molar-refractivity contribution in [2.45, 2.75) is 52.4 Å². The van der Waals surface area contributed by atoms with Crippen LogP contribution in [-0.4, -0.2) is 36.6 Å². The van der Waals surface area contributed by atoms with E-state index in [-0.39, 0.29) is 0 Å². The molecule has 1 aliphatic rings. The van der Waals surface area contributed by atoms with Gasteiger partial charge in [0.25, 0.3) is 0 Å². The topological polar surface area (TPSA) is 32.3 Å². The van der Waals surface area contributed by atoms with E-state index >= 15 is 0 Å². The molecule has 1 aliphatic heterocycles. The van der Waals surface area contributed by atoms with Crippen LogP contribution in [0, 0.1) is 6.92 Å². The highest BCUT2D eigenvalue weighted by molar-refractivity contribution is 5.45. The van der Waals surface area contributed by atoms with Gasteiger partial charge in [-0.25, -0.2) is 4.98 Å². The van der Waals surface area contributed by atoms with Crippen LogP contribution in [0.1, 0.15) is 51.1 Å². The van der Waals surface area contributed by atoms with E-state index in [1.165, 1.54) is 38.5 Å². The van der Waals surface area contributed by atoms with Crippen LogP contribution in [-0.2, 0) is 0 Å². The summed E-state index contributed by atoms with van der Waals surface area (Å²) in [6.45, 7) is 7.58. The van der Waals surface area contributed by atoms with Gasteiger partial charge >= 0.3 is 0 Å². The molecule has 1 aromatic heterocycles. The van der Waals surface area contributed by atoms with E-state index in [1.54, 1.807) is 0 Å². The summed E-state index contributed by atoms with van der Waals surface area (Å²) >= 11 is 0. The zero-order valence-electron chi connectivity index (χ0n) is 13.2. The third kappa shape index (κ3) is 4.09. The lowest BCUT2D eigenvalue weighted by Crippen LogP contribution is -2.27. The summed E-state index contributed by atoms with van der Waals surface area (Å²) in [6, 6.07) is 2.13. The molecule has 0 bridgehead atoms. The summed E-state index contributed by atoms with van der Waals surface area (Å²) in [4.78, 5) is 14.0. The molecule has 4 heteroatoms. The van der Waals surface area contributed by atoms with Crippen molar-refractivity contribution in [2.24, 2.45) is 0 Å². The molecule has 2 rings (SSSR count). The first-order chi connectivity index (χ1) is 9.70. The van der Waals surface area contributed by atoms with Crippen molar-refractivity contribution in [3.8, 4) is 0 Å². The first-order valence-corrected chi connectivity index (χ1v) is 8.02. The molecule has 0 aromatic carbocycles. The van der Waals surface area contributed by atoms with Gasteiger partial charge in [-0.2, -0.15) is 4.98 Å². The molecule has 2 heterocycles. The molecule has 0 saturated carbocycles. The van der Waals surface area contributed by atoms with Crippen molar-refractivity contribution in [1.82, 2.24) is 9.97 Å². The summed E-state index contributed by atoms with van der Waals surface area (Å²) in [5.74, 6) is 1.98. The lowest BCUT2D eigenvalue weighted by atomic mass is 10.2. The molecule has 1 aromatic rings. The molecule has 0 atom stereocenters. The van der Waals surface area contributed by atoms with Crippen LogP contribution in [0.15, 0.2) is 6.07 Å². The fourth-order valence-corrected chi connectivity index (χ4v) is 2.66. The molecule has 4 nitrogen and oxygen atoms in total. The Labute approximate surface area is 123 Å². The highest BCUT2D eigenvalue weighted by Crippen LogP contribution is 2.20. The standard InChI is InChI=1S/C16H28N4/c1-4-5-10-19(3)16-17-14(2)13-15(18-16)20-11-8-6-7-9-12-20/h13H,4-12H2,1-3H3. The first-order valence-electron chi connectivity index (χ1n) is 8.02. The fraction of sp³-hybridized carbons (Fsp3) is 0.750. The molecule has 0 radical (unpaired) electrons. The minimum absolute atomic E-state index is 0.873.